The molecule has 3 aromatic carbocycles. The largest absolute Gasteiger partial charge is 0.350 e. The lowest BCUT2D eigenvalue weighted by Gasteiger charge is -2.18. The van der Waals surface area contributed by atoms with E-state index in [9.17, 15) is 9.59 Å². The zero-order valence-corrected chi connectivity index (χ0v) is 19.5. The minimum absolute atomic E-state index is 0.304. The summed E-state index contributed by atoms with van der Waals surface area (Å²) >= 11 is 1.32. The zero-order chi connectivity index (χ0) is 22.8. The third-order valence-corrected chi connectivity index (χ3v) is 6.61. The number of nitrogens with one attached hydrogen (secondary N) is 1. The molecule has 5 heteroatoms. The summed E-state index contributed by atoms with van der Waals surface area (Å²) < 4.78 is 0. The van der Waals surface area contributed by atoms with Gasteiger partial charge in [-0.25, -0.2) is 4.90 Å². The number of aryl methyl sites for hydroxylation is 4. The molecule has 0 saturated heterocycles. The number of thioether (sulfide) groups is 1. The van der Waals surface area contributed by atoms with Gasteiger partial charge in [-0.3, -0.25) is 9.59 Å². The average Bonchev–Trinajstić information content (AvgIpc) is 3.01. The van der Waals surface area contributed by atoms with Crippen LogP contribution in [0.4, 0.5) is 11.4 Å². The fourth-order valence-electron chi connectivity index (χ4n) is 3.59. The lowest BCUT2D eigenvalue weighted by Crippen LogP contribution is -2.33. The average molecular weight is 443 g/mol. The Morgan fingerprint density at radius 2 is 1.47 bits per heavy atom. The highest BCUT2D eigenvalue weighted by Crippen LogP contribution is 2.39. The van der Waals surface area contributed by atoms with Crippen LogP contribution < -0.4 is 10.2 Å². The first kappa shape index (κ1) is 21.9. The third kappa shape index (κ3) is 4.34. The van der Waals surface area contributed by atoms with Crippen molar-refractivity contribution in [2.24, 2.45) is 0 Å². The van der Waals surface area contributed by atoms with Crippen molar-refractivity contribution >= 4 is 35.0 Å². The van der Waals surface area contributed by atoms with Crippen molar-refractivity contribution in [3.63, 3.8) is 0 Å². The maximum absolute atomic E-state index is 13.5. The Labute approximate surface area is 193 Å². The first-order valence-corrected chi connectivity index (χ1v) is 11.5. The van der Waals surface area contributed by atoms with Gasteiger partial charge in [0, 0.05) is 10.6 Å². The van der Waals surface area contributed by atoms with Gasteiger partial charge in [0.25, 0.3) is 11.8 Å². The van der Waals surface area contributed by atoms with Crippen LogP contribution in [0.5, 0.6) is 0 Å². The number of carbonyl (C=O) groups is 2. The van der Waals surface area contributed by atoms with Gasteiger partial charge in [0.15, 0.2) is 0 Å². The Kier molecular flexibility index (Phi) is 6.19. The monoisotopic (exact) mass is 442 g/mol. The van der Waals surface area contributed by atoms with Crippen molar-refractivity contribution in [3.05, 3.63) is 99.6 Å². The molecule has 0 fully saturated rings. The first-order valence-electron chi connectivity index (χ1n) is 10.7. The number of hydrogen-bond donors (Lipinski definition) is 1. The normalized spacial score (nSPS) is 13.8. The van der Waals surface area contributed by atoms with Crippen LogP contribution >= 0.6 is 11.8 Å². The molecule has 4 nitrogen and oxygen atoms in total. The summed E-state index contributed by atoms with van der Waals surface area (Å²) in [6, 6.07) is 21.7. The van der Waals surface area contributed by atoms with Crippen molar-refractivity contribution in [1.29, 1.82) is 0 Å². The molecule has 0 spiro atoms. The van der Waals surface area contributed by atoms with Gasteiger partial charge < -0.3 is 5.32 Å². The van der Waals surface area contributed by atoms with Crippen LogP contribution in [0.15, 0.2) is 82.2 Å². The van der Waals surface area contributed by atoms with Crippen molar-refractivity contribution in [3.8, 4) is 0 Å². The molecular weight excluding hydrogens is 416 g/mol. The number of carbonyl (C=O) groups excluding carboxylic acids is 2. The van der Waals surface area contributed by atoms with Gasteiger partial charge in [-0.05, 0) is 74.2 Å². The number of anilines is 2. The van der Waals surface area contributed by atoms with Gasteiger partial charge in [0.2, 0.25) is 0 Å². The van der Waals surface area contributed by atoms with Crippen LogP contribution in [-0.4, -0.2) is 11.8 Å². The van der Waals surface area contributed by atoms with Crippen LogP contribution in [0.2, 0.25) is 0 Å². The van der Waals surface area contributed by atoms with Gasteiger partial charge in [-0.15, -0.1) is 0 Å². The molecule has 0 atom stereocenters. The molecule has 0 saturated carbocycles. The Balaban J connectivity index is 1.75. The number of hydrogen-bond acceptors (Lipinski definition) is 4. The molecule has 0 radical (unpaired) electrons. The third-order valence-electron chi connectivity index (χ3n) is 5.52. The topological polar surface area (TPSA) is 49.4 Å². The molecule has 0 aromatic heterocycles. The summed E-state index contributed by atoms with van der Waals surface area (Å²) in [6.45, 7) is 7.99. The van der Waals surface area contributed by atoms with Crippen LogP contribution in [0.25, 0.3) is 0 Å². The fourth-order valence-corrected chi connectivity index (χ4v) is 4.51. The van der Waals surface area contributed by atoms with E-state index in [1.54, 1.807) is 0 Å². The molecule has 162 valence electrons. The molecule has 4 rings (SSSR count). The summed E-state index contributed by atoms with van der Waals surface area (Å²) in [4.78, 5) is 29.7. The minimum atomic E-state index is -0.335. The van der Waals surface area contributed by atoms with Gasteiger partial charge >= 0.3 is 0 Å². The standard InChI is InChI=1S/C27H26N2O2S/c1-5-20-10-12-21(13-11-20)28-24-25(32-22-14-7-17(2)8-15-22)27(31)29(26(24)30)23-16-18(3)6-9-19(23)4/h6-16,28H,5H2,1-4H3. The van der Waals surface area contributed by atoms with Gasteiger partial charge in [-0.2, -0.15) is 0 Å². The second-order valence-electron chi connectivity index (χ2n) is 8.03. The van der Waals surface area contributed by atoms with Gasteiger partial charge in [0.1, 0.15) is 10.6 Å². The number of imide groups is 1. The highest BCUT2D eigenvalue weighted by atomic mass is 32.2. The maximum atomic E-state index is 13.5. The minimum Gasteiger partial charge on any atom is -0.350 e. The van der Waals surface area contributed by atoms with Crippen molar-refractivity contribution in [2.75, 3.05) is 10.2 Å². The van der Waals surface area contributed by atoms with Crippen LogP contribution in [0.1, 0.15) is 29.2 Å². The van der Waals surface area contributed by atoms with E-state index < -0.39 is 0 Å². The number of amides is 2. The molecule has 0 aliphatic carbocycles. The Bertz CT molecular complexity index is 1210. The molecule has 32 heavy (non-hydrogen) atoms. The molecule has 0 bridgehead atoms. The van der Waals surface area contributed by atoms with Gasteiger partial charge in [0.05, 0.1) is 5.69 Å². The predicted molar refractivity (Wildman–Crippen MR) is 132 cm³/mol. The lowest BCUT2D eigenvalue weighted by atomic mass is 10.1. The van der Waals surface area contributed by atoms with E-state index in [0.717, 1.165) is 33.7 Å². The Morgan fingerprint density at radius 3 is 2.12 bits per heavy atom. The van der Waals surface area contributed by atoms with E-state index in [1.165, 1.54) is 22.2 Å². The number of nitrogens with zero attached hydrogens (tertiary/aromatic N) is 1. The fraction of sp³-hybridized carbons (Fsp3) is 0.185. The summed E-state index contributed by atoms with van der Waals surface area (Å²) in [5, 5.41) is 3.23. The number of rotatable bonds is 6. The molecule has 1 N–H and O–H groups in total. The smallest absolute Gasteiger partial charge is 0.283 e. The maximum Gasteiger partial charge on any atom is 0.283 e. The molecule has 1 heterocycles. The van der Waals surface area contributed by atoms with Crippen molar-refractivity contribution < 1.29 is 9.59 Å². The number of benzene rings is 3. The quantitative estimate of drug-likeness (QED) is 0.464. The van der Waals surface area contributed by atoms with Crippen molar-refractivity contribution in [2.45, 2.75) is 39.0 Å². The predicted octanol–water partition coefficient (Wildman–Crippen LogP) is 6.16. The molecule has 1 aliphatic heterocycles. The second-order valence-corrected chi connectivity index (χ2v) is 9.11. The molecule has 2 amide bonds. The van der Waals surface area contributed by atoms with E-state index in [4.69, 9.17) is 0 Å². The van der Waals surface area contributed by atoms with Gasteiger partial charge in [-0.1, -0.05) is 60.6 Å². The van der Waals surface area contributed by atoms with E-state index in [1.807, 2.05) is 87.5 Å². The van der Waals surface area contributed by atoms with E-state index in [-0.39, 0.29) is 11.8 Å². The summed E-state index contributed by atoms with van der Waals surface area (Å²) in [6.07, 6.45) is 0.940. The summed E-state index contributed by atoms with van der Waals surface area (Å²) in [7, 11) is 0. The molecular formula is C27H26N2O2S. The zero-order valence-electron chi connectivity index (χ0n) is 18.7. The Morgan fingerprint density at radius 1 is 0.812 bits per heavy atom. The Hall–Kier alpha value is -3.31. The highest BCUT2D eigenvalue weighted by molar-refractivity contribution is 8.04. The van der Waals surface area contributed by atoms with Crippen LogP contribution in [0.3, 0.4) is 0 Å². The lowest BCUT2D eigenvalue weighted by molar-refractivity contribution is -0.120. The SMILES string of the molecule is CCc1ccc(NC2=C(Sc3ccc(C)cc3)C(=O)N(c3cc(C)ccc3C)C2=O)cc1. The van der Waals surface area contributed by atoms with Crippen LogP contribution in [0, 0.1) is 20.8 Å². The second kappa shape index (κ2) is 9.05. The summed E-state index contributed by atoms with van der Waals surface area (Å²) in [5.41, 5.74) is 5.95. The van der Waals surface area contributed by atoms with Crippen LogP contribution in [-0.2, 0) is 16.0 Å². The molecule has 1 aliphatic rings. The first-order chi connectivity index (χ1) is 15.4. The van der Waals surface area contributed by atoms with Crippen molar-refractivity contribution in [1.82, 2.24) is 0 Å². The van der Waals surface area contributed by atoms with E-state index >= 15 is 0 Å². The highest BCUT2D eigenvalue weighted by Gasteiger charge is 2.40. The molecule has 3 aromatic rings. The summed E-state index contributed by atoms with van der Waals surface area (Å²) in [5.74, 6) is -0.639. The van der Waals surface area contributed by atoms with E-state index in [2.05, 4.69) is 12.2 Å². The van der Waals surface area contributed by atoms with E-state index in [0.29, 0.717) is 16.3 Å². The molecule has 0 unspecified atom stereocenters.